The molecule has 0 aromatic rings. The molecule has 3 unspecified atom stereocenters. The van der Waals surface area contributed by atoms with Gasteiger partial charge in [0.1, 0.15) is 0 Å². The molecule has 0 saturated heterocycles. The van der Waals surface area contributed by atoms with E-state index in [1.165, 1.54) is 0 Å². The smallest absolute Gasteiger partial charge is 0.226 e. The molecule has 0 radical (unpaired) electrons. The molecule has 1 aliphatic rings. The van der Waals surface area contributed by atoms with Gasteiger partial charge in [-0.1, -0.05) is 27.7 Å². The Morgan fingerprint density at radius 1 is 1.37 bits per heavy atom. The second-order valence-electron chi connectivity index (χ2n) is 7.47. The molecule has 1 aliphatic carbocycles. The summed E-state index contributed by atoms with van der Waals surface area (Å²) in [4.78, 5) is 14.8. The van der Waals surface area contributed by atoms with Gasteiger partial charge in [-0.2, -0.15) is 0 Å². The predicted molar refractivity (Wildman–Crippen MR) is 80.8 cm³/mol. The summed E-state index contributed by atoms with van der Waals surface area (Å²) in [7, 11) is 1.95. The lowest BCUT2D eigenvalue weighted by Crippen LogP contribution is -2.55. The van der Waals surface area contributed by atoms with Crippen LogP contribution >= 0.6 is 0 Å². The Morgan fingerprint density at radius 2 is 1.89 bits per heavy atom. The quantitative estimate of drug-likeness (QED) is 0.855. The summed E-state index contributed by atoms with van der Waals surface area (Å²) >= 11 is 0. The van der Waals surface area contributed by atoms with Crippen LogP contribution in [0.15, 0.2) is 0 Å². The van der Waals surface area contributed by atoms with Gasteiger partial charge < -0.3 is 10.6 Å². The maximum atomic E-state index is 12.9. The summed E-state index contributed by atoms with van der Waals surface area (Å²) in [5, 5.41) is 0. The van der Waals surface area contributed by atoms with Crippen molar-refractivity contribution in [3.63, 3.8) is 0 Å². The van der Waals surface area contributed by atoms with Crippen LogP contribution in [-0.2, 0) is 4.79 Å². The van der Waals surface area contributed by atoms with Crippen molar-refractivity contribution >= 4 is 5.91 Å². The second kappa shape index (κ2) is 5.43. The van der Waals surface area contributed by atoms with Crippen LogP contribution in [0.1, 0.15) is 60.8 Å². The lowest BCUT2D eigenvalue weighted by molar-refractivity contribution is -0.147. The molecular formula is C16H32N2O. The zero-order chi connectivity index (χ0) is 15.0. The third-order valence-corrected chi connectivity index (χ3v) is 5.90. The highest BCUT2D eigenvalue weighted by molar-refractivity contribution is 5.80. The minimum atomic E-state index is -0.0734. The Labute approximate surface area is 118 Å². The van der Waals surface area contributed by atoms with Gasteiger partial charge in [0.25, 0.3) is 0 Å². The summed E-state index contributed by atoms with van der Waals surface area (Å²) in [6.07, 6.45) is 2.85. The molecular weight excluding hydrogens is 236 g/mol. The highest BCUT2D eigenvalue weighted by Crippen LogP contribution is 2.45. The molecule has 1 fully saturated rings. The maximum absolute atomic E-state index is 12.9. The molecule has 3 atom stereocenters. The highest BCUT2D eigenvalue weighted by Gasteiger charge is 2.47. The summed E-state index contributed by atoms with van der Waals surface area (Å²) in [6.45, 7) is 13.0. The number of hydrogen-bond donors (Lipinski definition) is 1. The first-order valence-corrected chi connectivity index (χ1v) is 7.59. The van der Waals surface area contributed by atoms with E-state index in [-0.39, 0.29) is 28.8 Å². The van der Waals surface area contributed by atoms with E-state index in [1.807, 2.05) is 11.9 Å². The number of hydrogen-bond acceptors (Lipinski definition) is 2. The topological polar surface area (TPSA) is 46.3 Å². The number of nitrogens with zero attached hydrogens (tertiary/aromatic N) is 1. The highest BCUT2D eigenvalue weighted by atomic mass is 16.2. The SMILES string of the molecule is CCC(C)(C)N(C)C(=O)C1CCC(N)C(C)C1(C)C. The third kappa shape index (κ3) is 2.96. The monoisotopic (exact) mass is 268 g/mol. The number of amides is 1. The van der Waals surface area contributed by atoms with Crippen molar-refractivity contribution in [1.29, 1.82) is 0 Å². The van der Waals surface area contributed by atoms with Gasteiger partial charge in [-0.3, -0.25) is 4.79 Å². The zero-order valence-corrected chi connectivity index (χ0v) is 13.8. The first-order valence-electron chi connectivity index (χ1n) is 7.59. The number of rotatable bonds is 3. The molecule has 0 aliphatic heterocycles. The van der Waals surface area contributed by atoms with E-state index in [0.717, 1.165) is 19.3 Å². The van der Waals surface area contributed by atoms with E-state index in [2.05, 4.69) is 41.5 Å². The molecule has 2 N–H and O–H groups in total. The molecule has 0 bridgehead atoms. The first kappa shape index (κ1) is 16.5. The fourth-order valence-corrected chi connectivity index (χ4v) is 3.06. The van der Waals surface area contributed by atoms with Gasteiger partial charge in [0, 0.05) is 24.5 Å². The minimum absolute atomic E-state index is 0.0210. The Morgan fingerprint density at radius 3 is 2.37 bits per heavy atom. The van der Waals surface area contributed by atoms with E-state index in [4.69, 9.17) is 5.73 Å². The molecule has 112 valence electrons. The number of carbonyl (C=O) groups excluding carboxylic acids is 1. The predicted octanol–water partition coefficient (Wildman–Crippen LogP) is 3.03. The minimum Gasteiger partial charge on any atom is -0.340 e. The largest absolute Gasteiger partial charge is 0.340 e. The van der Waals surface area contributed by atoms with Crippen LogP contribution in [-0.4, -0.2) is 29.4 Å². The van der Waals surface area contributed by atoms with Crippen molar-refractivity contribution in [2.45, 2.75) is 72.4 Å². The molecule has 1 rings (SSSR count). The van der Waals surface area contributed by atoms with E-state index < -0.39 is 0 Å². The van der Waals surface area contributed by atoms with Gasteiger partial charge in [0.2, 0.25) is 5.91 Å². The van der Waals surface area contributed by atoms with Gasteiger partial charge in [0.05, 0.1) is 0 Å². The average Bonchev–Trinajstić information content (AvgIpc) is 2.34. The molecule has 0 spiro atoms. The Hall–Kier alpha value is -0.570. The van der Waals surface area contributed by atoms with Crippen LogP contribution in [0, 0.1) is 17.3 Å². The number of nitrogens with two attached hydrogens (primary N) is 1. The summed E-state index contributed by atoms with van der Waals surface area (Å²) < 4.78 is 0. The van der Waals surface area contributed by atoms with Crippen LogP contribution in [0.2, 0.25) is 0 Å². The molecule has 0 heterocycles. The summed E-state index contributed by atoms with van der Waals surface area (Å²) in [5.74, 6) is 0.766. The van der Waals surface area contributed by atoms with E-state index in [0.29, 0.717) is 5.92 Å². The van der Waals surface area contributed by atoms with Crippen molar-refractivity contribution in [1.82, 2.24) is 4.90 Å². The average molecular weight is 268 g/mol. The van der Waals surface area contributed by atoms with Crippen LogP contribution in [0.25, 0.3) is 0 Å². The van der Waals surface area contributed by atoms with Crippen molar-refractivity contribution in [3.05, 3.63) is 0 Å². The van der Waals surface area contributed by atoms with Crippen molar-refractivity contribution in [2.24, 2.45) is 23.0 Å². The van der Waals surface area contributed by atoms with Gasteiger partial charge in [0.15, 0.2) is 0 Å². The lowest BCUT2D eigenvalue weighted by atomic mass is 9.60. The lowest BCUT2D eigenvalue weighted by Gasteiger charge is -2.48. The van der Waals surface area contributed by atoms with Crippen LogP contribution in [0.5, 0.6) is 0 Å². The fraction of sp³-hybridized carbons (Fsp3) is 0.938. The summed E-state index contributed by atoms with van der Waals surface area (Å²) in [5.41, 5.74) is 6.08. The Balaban J connectivity index is 2.94. The molecule has 3 nitrogen and oxygen atoms in total. The Kier molecular flexibility index (Phi) is 4.71. The van der Waals surface area contributed by atoms with Crippen LogP contribution < -0.4 is 5.73 Å². The third-order valence-electron chi connectivity index (χ3n) is 5.90. The van der Waals surface area contributed by atoms with E-state index in [9.17, 15) is 4.79 Å². The summed E-state index contributed by atoms with van der Waals surface area (Å²) in [6, 6.07) is 0.226. The van der Waals surface area contributed by atoms with Gasteiger partial charge in [-0.15, -0.1) is 0 Å². The van der Waals surface area contributed by atoms with Crippen LogP contribution in [0.4, 0.5) is 0 Å². The van der Waals surface area contributed by atoms with E-state index >= 15 is 0 Å². The normalized spacial score (nSPS) is 31.1. The fourth-order valence-electron chi connectivity index (χ4n) is 3.06. The van der Waals surface area contributed by atoms with E-state index in [1.54, 1.807) is 0 Å². The van der Waals surface area contributed by atoms with Crippen molar-refractivity contribution < 1.29 is 4.79 Å². The molecule has 1 amide bonds. The number of carbonyl (C=O) groups is 1. The van der Waals surface area contributed by atoms with Gasteiger partial charge in [-0.05, 0) is 44.4 Å². The first-order chi connectivity index (χ1) is 8.55. The van der Waals surface area contributed by atoms with Crippen molar-refractivity contribution in [3.8, 4) is 0 Å². The van der Waals surface area contributed by atoms with Crippen LogP contribution in [0.3, 0.4) is 0 Å². The molecule has 19 heavy (non-hydrogen) atoms. The van der Waals surface area contributed by atoms with Gasteiger partial charge >= 0.3 is 0 Å². The van der Waals surface area contributed by atoms with Gasteiger partial charge in [-0.25, -0.2) is 0 Å². The second-order valence-corrected chi connectivity index (χ2v) is 7.47. The Bertz CT molecular complexity index is 336. The molecule has 0 aromatic heterocycles. The molecule has 1 saturated carbocycles. The maximum Gasteiger partial charge on any atom is 0.226 e. The van der Waals surface area contributed by atoms with Crippen molar-refractivity contribution in [2.75, 3.05) is 7.05 Å². The zero-order valence-electron chi connectivity index (χ0n) is 13.8. The molecule has 3 heteroatoms. The standard InChI is InChI=1S/C16H32N2O/c1-8-15(3,4)18(7)14(19)12-9-10-13(17)11(2)16(12,5)6/h11-13H,8-10,17H2,1-7H3. The molecule has 0 aromatic carbocycles.